The van der Waals surface area contributed by atoms with Crippen LogP contribution in [-0.4, -0.2) is 52.7 Å². The van der Waals surface area contributed by atoms with Gasteiger partial charge in [0.15, 0.2) is 0 Å². The van der Waals surface area contributed by atoms with Crippen molar-refractivity contribution >= 4 is 35.2 Å². The lowest BCUT2D eigenvalue weighted by molar-refractivity contribution is -0.141. The molecule has 0 saturated heterocycles. The third kappa shape index (κ3) is 7.70. The Morgan fingerprint density at radius 2 is 1.71 bits per heavy atom. The Bertz CT molecular complexity index is 1030. The monoisotopic (exact) mass is 503 g/mol. The number of halogens is 1. The average molecular weight is 504 g/mol. The van der Waals surface area contributed by atoms with Crippen molar-refractivity contribution in [2.75, 3.05) is 18.5 Å². The minimum atomic E-state index is -1.30. The highest BCUT2D eigenvalue weighted by Gasteiger charge is 2.35. The highest BCUT2D eigenvalue weighted by molar-refractivity contribution is 6.34. The molecule has 2 rings (SSSR count). The second-order valence-corrected chi connectivity index (χ2v) is 9.65. The fourth-order valence-electron chi connectivity index (χ4n) is 3.50. The van der Waals surface area contributed by atoms with Gasteiger partial charge in [0.05, 0.1) is 17.3 Å². The number of para-hydroxylation sites is 1. The van der Waals surface area contributed by atoms with E-state index in [1.807, 2.05) is 32.0 Å². The molecule has 0 radical (unpaired) electrons. The Morgan fingerprint density at radius 3 is 2.23 bits per heavy atom. The van der Waals surface area contributed by atoms with Crippen LogP contribution in [0.25, 0.3) is 0 Å². The zero-order valence-electron chi connectivity index (χ0n) is 21.0. The van der Waals surface area contributed by atoms with Crippen LogP contribution in [0.2, 0.25) is 5.02 Å². The molecule has 0 aliphatic heterocycles. The molecule has 0 heterocycles. The maximum absolute atomic E-state index is 13.6. The van der Waals surface area contributed by atoms with Gasteiger partial charge in [0.2, 0.25) is 5.91 Å². The number of carbonyl (C=O) groups excluding carboxylic acids is 3. The van der Waals surface area contributed by atoms with Crippen LogP contribution in [0, 0.1) is 13.8 Å². The van der Waals surface area contributed by atoms with Crippen LogP contribution in [0.3, 0.4) is 0 Å². The molecule has 9 heteroatoms. The number of amides is 3. The fourth-order valence-corrected chi connectivity index (χ4v) is 3.77. The summed E-state index contributed by atoms with van der Waals surface area (Å²) in [7, 11) is 0. The molecule has 2 aromatic rings. The number of ether oxygens (including phenoxy) is 1. The van der Waals surface area contributed by atoms with Gasteiger partial charge in [-0.15, -0.1) is 0 Å². The van der Waals surface area contributed by atoms with Gasteiger partial charge in [0.1, 0.15) is 17.7 Å². The fraction of sp³-hybridized carbons (Fsp3) is 0.423. The maximum atomic E-state index is 13.6. The largest absolute Gasteiger partial charge is 0.444 e. The Kier molecular flexibility index (Phi) is 9.68. The molecule has 0 aliphatic rings. The zero-order chi connectivity index (χ0) is 26.3. The third-order valence-electron chi connectivity index (χ3n) is 5.22. The van der Waals surface area contributed by atoms with Crippen LogP contribution in [-0.2, 0) is 14.3 Å². The van der Waals surface area contributed by atoms with Gasteiger partial charge < -0.3 is 25.4 Å². The molecule has 0 bridgehead atoms. The predicted molar refractivity (Wildman–Crippen MR) is 136 cm³/mol. The van der Waals surface area contributed by atoms with Crippen LogP contribution < -0.4 is 10.6 Å². The smallest absolute Gasteiger partial charge is 0.408 e. The van der Waals surface area contributed by atoms with Gasteiger partial charge >= 0.3 is 6.09 Å². The second-order valence-electron chi connectivity index (χ2n) is 9.24. The second kappa shape index (κ2) is 12.0. The number of aryl methyl sites for hydroxylation is 2. The van der Waals surface area contributed by atoms with Crippen molar-refractivity contribution < 1.29 is 24.2 Å². The van der Waals surface area contributed by atoms with Crippen molar-refractivity contribution in [3.8, 4) is 0 Å². The molecule has 0 fully saturated rings. The number of benzene rings is 2. The standard InChI is InChI=1S/C26H34ClN3O5/c1-7-30(24(33)20(15-31)28-25(34)35-26(4,5)6)22(18-13-11-16(2)12-14-18)23(32)29-21-17(3)9-8-10-19(21)27/h8-14,20,22,31H,7,15H2,1-6H3,(H,28,34)(H,29,32). The van der Waals surface area contributed by atoms with E-state index in [1.165, 1.54) is 4.90 Å². The van der Waals surface area contributed by atoms with E-state index in [0.29, 0.717) is 16.3 Å². The van der Waals surface area contributed by atoms with Crippen LogP contribution >= 0.6 is 11.6 Å². The van der Waals surface area contributed by atoms with E-state index < -0.39 is 42.2 Å². The molecule has 2 atom stereocenters. The van der Waals surface area contributed by atoms with Gasteiger partial charge in [-0.05, 0) is 58.7 Å². The number of hydrogen-bond donors (Lipinski definition) is 3. The molecule has 0 aromatic heterocycles. The lowest BCUT2D eigenvalue weighted by Crippen LogP contribution is -2.53. The Balaban J connectivity index is 2.42. The third-order valence-corrected chi connectivity index (χ3v) is 5.53. The van der Waals surface area contributed by atoms with Crippen LogP contribution in [0.4, 0.5) is 10.5 Å². The summed E-state index contributed by atoms with van der Waals surface area (Å²) in [6, 6.07) is 10.1. The van der Waals surface area contributed by atoms with Gasteiger partial charge in [0, 0.05) is 6.54 Å². The first-order valence-electron chi connectivity index (χ1n) is 11.4. The number of nitrogens with zero attached hydrogens (tertiary/aromatic N) is 1. The number of aliphatic hydroxyl groups excluding tert-OH is 1. The molecule has 190 valence electrons. The molecule has 8 nitrogen and oxygen atoms in total. The number of likely N-dealkylation sites (N-methyl/N-ethyl adjacent to an activating group) is 1. The Morgan fingerprint density at radius 1 is 1.09 bits per heavy atom. The minimum Gasteiger partial charge on any atom is -0.444 e. The van der Waals surface area contributed by atoms with E-state index in [9.17, 15) is 19.5 Å². The summed E-state index contributed by atoms with van der Waals surface area (Å²) < 4.78 is 5.22. The minimum absolute atomic E-state index is 0.138. The van der Waals surface area contributed by atoms with E-state index in [0.717, 1.165) is 11.1 Å². The first kappa shape index (κ1) is 28.1. The average Bonchev–Trinajstić information content (AvgIpc) is 2.77. The number of hydrogen-bond acceptors (Lipinski definition) is 5. The van der Waals surface area contributed by atoms with Crippen molar-refractivity contribution in [1.29, 1.82) is 0 Å². The van der Waals surface area contributed by atoms with Crippen molar-refractivity contribution in [2.45, 2.75) is 59.2 Å². The molecule has 2 unspecified atom stereocenters. The summed E-state index contributed by atoms with van der Waals surface area (Å²) in [6.45, 7) is 9.99. The van der Waals surface area contributed by atoms with Gasteiger partial charge in [-0.3, -0.25) is 9.59 Å². The molecule has 3 N–H and O–H groups in total. The number of rotatable bonds is 8. The van der Waals surface area contributed by atoms with Crippen molar-refractivity contribution in [3.63, 3.8) is 0 Å². The molecule has 0 aliphatic carbocycles. The summed E-state index contributed by atoms with van der Waals surface area (Å²) in [5.74, 6) is -1.10. The topological polar surface area (TPSA) is 108 Å². The molecule has 3 amide bonds. The van der Waals surface area contributed by atoms with E-state index in [2.05, 4.69) is 10.6 Å². The van der Waals surface area contributed by atoms with Crippen molar-refractivity contribution in [1.82, 2.24) is 10.2 Å². The summed E-state index contributed by atoms with van der Waals surface area (Å²) in [6.07, 6.45) is -0.844. The molecule has 35 heavy (non-hydrogen) atoms. The number of carbonyl (C=O) groups is 3. The van der Waals surface area contributed by atoms with Gasteiger partial charge in [-0.1, -0.05) is 53.6 Å². The lowest BCUT2D eigenvalue weighted by Gasteiger charge is -2.33. The van der Waals surface area contributed by atoms with Crippen LogP contribution in [0.1, 0.15) is 50.4 Å². The van der Waals surface area contributed by atoms with E-state index in [-0.39, 0.29) is 6.54 Å². The number of anilines is 1. The first-order valence-corrected chi connectivity index (χ1v) is 11.8. The number of nitrogens with one attached hydrogen (secondary N) is 2. The van der Waals surface area contributed by atoms with Crippen LogP contribution in [0.5, 0.6) is 0 Å². The molecular formula is C26H34ClN3O5. The van der Waals surface area contributed by atoms with E-state index >= 15 is 0 Å². The van der Waals surface area contributed by atoms with E-state index in [1.54, 1.807) is 52.0 Å². The Labute approximate surface area is 211 Å². The summed E-state index contributed by atoms with van der Waals surface area (Å²) in [5, 5.41) is 15.5. The SMILES string of the molecule is CCN(C(=O)C(CO)NC(=O)OC(C)(C)C)C(C(=O)Nc1c(C)cccc1Cl)c1ccc(C)cc1. The zero-order valence-corrected chi connectivity index (χ0v) is 21.8. The normalized spacial score (nSPS) is 12.9. The van der Waals surface area contributed by atoms with Crippen molar-refractivity contribution in [2.24, 2.45) is 0 Å². The highest BCUT2D eigenvalue weighted by atomic mass is 35.5. The number of aliphatic hydroxyl groups is 1. The van der Waals surface area contributed by atoms with Gasteiger partial charge in [-0.2, -0.15) is 0 Å². The summed E-state index contributed by atoms with van der Waals surface area (Å²) >= 11 is 6.31. The van der Waals surface area contributed by atoms with Crippen LogP contribution in [0.15, 0.2) is 42.5 Å². The maximum Gasteiger partial charge on any atom is 0.408 e. The number of alkyl carbamates (subject to hydrolysis) is 1. The molecule has 0 spiro atoms. The Hall–Kier alpha value is -3.10. The lowest BCUT2D eigenvalue weighted by atomic mass is 10.0. The van der Waals surface area contributed by atoms with Gasteiger partial charge in [-0.25, -0.2) is 4.79 Å². The highest BCUT2D eigenvalue weighted by Crippen LogP contribution is 2.29. The van der Waals surface area contributed by atoms with E-state index in [4.69, 9.17) is 16.3 Å². The first-order chi connectivity index (χ1) is 16.4. The quantitative estimate of drug-likeness (QED) is 0.495. The summed E-state index contributed by atoms with van der Waals surface area (Å²) in [5.41, 5.74) is 1.99. The summed E-state index contributed by atoms with van der Waals surface area (Å²) in [4.78, 5) is 40.6. The van der Waals surface area contributed by atoms with Crippen molar-refractivity contribution in [3.05, 3.63) is 64.2 Å². The molecule has 0 saturated carbocycles. The van der Waals surface area contributed by atoms with Gasteiger partial charge in [0.25, 0.3) is 5.91 Å². The molecule has 2 aromatic carbocycles. The molecular weight excluding hydrogens is 470 g/mol. The predicted octanol–water partition coefficient (Wildman–Crippen LogP) is 4.37.